The van der Waals surface area contributed by atoms with Crippen molar-refractivity contribution in [3.63, 3.8) is 0 Å². The molecule has 1 N–H and O–H groups in total. The molecule has 0 radical (unpaired) electrons. The molecule has 1 aliphatic heterocycles. The van der Waals surface area contributed by atoms with E-state index in [1.807, 2.05) is 0 Å². The highest BCUT2D eigenvalue weighted by Crippen LogP contribution is 1.97. The van der Waals surface area contributed by atoms with Crippen LogP contribution in [0.15, 0.2) is 24.9 Å². The lowest BCUT2D eigenvalue weighted by Gasteiger charge is -1.78. The van der Waals surface area contributed by atoms with E-state index in [1.165, 1.54) is 12.6 Å². The van der Waals surface area contributed by atoms with Gasteiger partial charge in [-0.15, -0.1) is 5.10 Å². The summed E-state index contributed by atoms with van der Waals surface area (Å²) in [5.74, 6) is -0.157. The van der Waals surface area contributed by atoms with E-state index in [1.54, 1.807) is 12.3 Å². The summed E-state index contributed by atoms with van der Waals surface area (Å²) >= 11 is 0. The molecule has 0 atom stereocenters. The third-order valence-electron chi connectivity index (χ3n) is 1.59. The van der Waals surface area contributed by atoms with Gasteiger partial charge in [-0.05, 0) is 6.08 Å². The highest BCUT2D eigenvalue weighted by atomic mass is 16.5. The minimum atomic E-state index is -0.157. The van der Waals surface area contributed by atoms with Crippen LogP contribution in [0.1, 0.15) is 6.42 Å². The summed E-state index contributed by atoms with van der Waals surface area (Å²) in [6, 6.07) is 0. The van der Waals surface area contributed by atoms with Crippen LogP contribution in [-0.2, 0) is 9.53 Å². The highest BCUT2D eigenvalue weighted by molar-refractivity contribution is 5.73. The third kappa shape index (κ3) is 2.33. The normalized spacial score (nSPS) is 13.5. The van der Waals surface area contributed by atoms with Crippen molar-refractivity contribution < 1.29 is 9.53 Å². The van der Waals surface area contributed by atoms with Gasteiger partial charge in [-0.1, -0.05) is 5.21 Å². The van der Waals surface area contributed by atoms with Crippen LogP contribution in [-0.4, -0.2) is 31.3 Å². The van der Waals surface area contributed by atoms with Gasteiger partial charge in [-0.3, -0.25) is 9.89 Å². The number of esters is 1. The molecule has 2 aromatic heterocycles. The monoisotopic (exact) mass is 205 g/mol. The van der Waals surface area contributed by atoms with Gasteiger partial charge in [0.15, 0.2) is 0 Å². The Hall–Kier alpha value is -2.31. The number of hydrogen-bond donors (Lipinski definition) is 1. The zero-order valence-corrected chi connectivity index (χ0v) is 7.62. The van der Waals surface area contributed by atoms with Crippen molar-refractivity contribution in [1.29, 1.82) is 0 Å². The van der Waals surface area contributed by atoms with Gasteiger partial charge in [0.25, 0.3) is 0 Å². The molecule has 0 saturated heterocycles. The number of H-pyrrole nitrogens is 1. The molecular weight excluding hydrogens is 198 g/mol. The summed E-state index contributed by atoms with van der Waals surface area (Å²) in [7, 11) is 0. The van der Waals surface area contributed by atoms with Crippen LogP contribution >= 0.6 is 0 Å². The van der Waals surface area contributed by atoms with E-state index < -0.39 is 0 Å². The quantitative estimate of drug-likeness (QED) is 0.617. The minimum Gasteiger partial charge on any atom is -0.435 e. The van der Waals surface area contributed by atoms with Crippen molar-refractivity contribution in [2.75, 3.05) is 0 Å². The molecule has 15 heavy (non-hydrogen) atoms. The number of aromatic amines is 1. The average molecular weight is 205 g/mol. The first kappa shape index (κ1) is 9.25. The number of fused-ring (bicyclic) bond motifs is 1. The lowest BCUT2D eigenvalue weighted by Crippen LogP contribution is -1.87. The SMILES string of the molecule is O=C1CC=CO1.c1ncc2[nH]nnc2n1. The summed E-state index contributed by atoms with van der Waals surface area (Å²) in [6.07, 6.45) is 6.60. The molecule has 3 heterocycles. The first-order valence-corrected chi connectivity index (χ1v) is 4.17. The zero-order valence-electron chi connectivity index (χ0n) is 7.62. The van der Waals surface area contributed by atoms with Crippen molar-refractivity contribution in [3.8, 4) is 0 Å². The van der Waals surface area contributed by atoms with E-state index in [9.17, 15) is 4.79 Å². The van der Waals surface area contributed by atoms with Gasteiger partial charge >= 0.3 is 5.97 Å². The minimum absolute atomic E-state index is 0.157. The average Bonchev–Trinajstić information content (AvgIpc) is 2.88. The number of carbonyl (C=O) groups excluding carboxylic acids is 1. The Kier molecular flexibility index (Phi) is 2.63. The van der Waals surface area contributed by atoms with Crippen LogP contribution < -0.4 is 0 Å². The van der Waals surface area contributed by atoms with Gasteiger partial charge in [-0.2, -0.15) is 0 Å². The number of cyclic esters (lactones) is 1. The van der Waals surface area contributed by atoms with Gasteiger partial charge in [0.1, 0.15) is 11.8 Å². The fourth-order valence-corrected chi connectivity index (χ4v) is 0.924. The Labute approximate surface area is 84.2 Å². The molecule has 0 aliphatic carbocycles. The molecule has 1 aliphatic rings. The predicted octanol–water partition coefficient (Wildman–Crippen LogP) is 0.195. The number of ether oxygens (including phenoxy) is 1. The number of carbonyl (C=O) groups is 1. The maximum atomic E-state index is 9.96. The van der Waals surface area contributed by atoms with Crippen LogP contribution in [0.2, 0.25) is 0 Å². The lowest BCUT2D eigenvalue weighted by atomic mass is 10.5. The molecule has 0 fully saturated rings. The van der Waals surface area contributed by atoms with Crippen LogP contribution in [0.25, 0.3) is 11.2 Å². The maximum absolute atomic E-state index is 9.96. The summed E-state index contributed by atoms with van der Waals surface area (Å²) in [5.41, 5.74) is 1.36. The van der Waals surface area contributed by atoms with Crippen molar-refractivity contribution in [3.05, 3.63) is 24.9 Å². The molecule has 7 nitrogen and oxygen atoms in total. The molecule has 3 rings (SSSR count). The van der Waals surface area contributed by atoms with E-state index in [2.05, 4.69) is 30.1 Å². The predicted molar refractivity (Wildman–Crippen MR) is 49.3 cm³/mol. The lowest BCUT2D eigenvalue weighted by molar-refractivity contribution is -0.135. The molecule has 0 aromatic carbocycles. The number of nitrogens with one attached hydrogen (secondary N) is 1. The van der Waals surface area contributed by atoms with Crippen molar-refractivity contribution in [2.24, 2.45) is 0 Å². The first-order valence-electron chi connectivity index (χ1n) is 4.17. The smallest absolute Gasteiger partial charge is 0.314 e. The Balaban J connectivity index is 0.000000124. The Morgan fingerprint density at radius 3 is 3.00 bits per heavy atom. The zero-order chi connectivity index (χ0) is 10.5. The summed E-state index contributed by atoms with van der Waals surface area (Å²) in [4.78, 5) is 17.5. The molecular formula is C8H7N5O2. The largest absolute Gasteiger partial charge is 0.435 e. The van der Waals surface area contributed by atoms with Crippen molar-refractivity contribution in [1.82, 2.24) is 25.4 Å². The fraction of sp³-hybridized carbons (Fsp3) is 0.125. The van der Waals surface area contributed by atoms with Crippen LogP contribution in [0, 0.1) is 0 Å². The summed E-state index contributed by atoms with van der Waals surface area (Å²) < 4.78 is 4.33. The van der Waals surface area contributed by atoms with Gasteiger partial charge in [-0.25, -0.2) is 9.97 Å². The number of aromatic nitrogens is 5. The van der Waals surface area contributed by atoms with E-state index in [4.69, 9.17) is 0 Å². The first-order chi connectivity index (χ1) is 7.36. The molecule has 0 spiro atoms. The Morgan fingerprint density at radius 2 is 2.40 bits per heavy atom. The second-order valence-corrected chi connectivity index (χ2v) is 2.64. The second-order valence-electron chi connectivity index (χ2n) is 2.64. The fourth-order valence-electron chi connectivity index (χ4n) is 0.924. The maximum Gasteiger partial charge on any atom is 0.314 e. The molecule has 0 amide bonds. The highest BCUT2D eigenvalue weighted by Gasteiger charge is 2.00. The molecule has 0 unspecified atom stereocenters. The van der Waals surface area contributed by atoms with E-state index >= 15 is 0 Å². The van der Waals surface area contributed by atoms with E-state index in [0.717, 1.165) is 5.52 Å². The standard InChI is InChI=1S/C4H3N5.C4H4O2/c1-3-4(6-2-5-1)8-9-7-3;5-4-2-1-3-6-4/h1-2H,(H,5,6,7,8,9);1,3H,2H2. The molecule has 76 valence electrons. The summed E-state index contributed by atoms with van der Waals surface area (Å²) in [6.45, 7) is 0. The van der Waals surface area contributed by atoms with Gasteiger partial charge in [0.05, 0.1) is 18.9 Å². The Bertz CT molecular complexity index is 452. The van der Waals surface area contributed by atoms with Crippen LogP contribution in [0.3, 0.4) is 0 Å². The topological polar surface area (TPSA) is 93.7 Å². The molecule has 2 aromatic rings. The van der Waals surface area contributed by atoms with Crippen molar-refractivity contribution in [2.45, 2.75) is 6.42 Å². The second kappa shape index (κ2) is 4.27. The van der Waals surface area contributed by atoms with Crippen LogP contribution in [0.4, 0.5) is 0 Å². The van der Waals surface area contributed by atoms with E-state index in [-0.39, 0.29) is 5.97 Å². The molecule has 7 heteroatoms. The number of rotatable bonds is 0. The molecule has 0 bridgehead atoms. The third-order valence-corrected chi connectivity index (χ3v) is 1.59. The number of nitrogens with zero attached hydrogens (tertiary/aromatic N) is 4. The molecule has 0 saturated carbocycles. The van der Waals surface area contributed by atoms with Gasteiger partial charge < -0.3 is 4.74 Å². The van der Waals surface area contributed by atoms with E-state index in [0.29, 0.717) is 12.1 Å². The van der Waals surface area contributed by atoms with Crippen LogP contribution in [0.5, 0.6) is 0 Å². The number of hydrogen-bond acceptors (Lipinski definition) is 6. The Morgan fingerprint density at radius 1 is 1.47 bits per heavy atom. The van der Waals surface area contributed by atoms with Gasteiger partial charge in [0, 0.05) is 0 Å². The van der Waals surface area contributed by atoms with Gasteiger partial charge in [0.2, 0.25) is 5.65 Å². The van der Waals surface area contributed by atoms with Crippen molar-refractivity contribution >= 4 is 17.1 Å². The summed E-state index contributed by atoms with van der Waals surface area (Å²) in [5, 5.41) is 9.82.